The molecule has 0 aromatic rings. The summed E-state index contributed by atoms with van der Waals surface area (Å²) in [6, 6.07) is 0. The van der Waals surface area contributed by atoms with Crippen LogP contribution in [0.3, 0.4) is 0 Å². The van der Waals surface area contributed by atoms with Crippen LogP contribution in [0.15, 0.2) is 35.5 Å². The molecule has 0 amide bonds. The van der Waals surface area contributed by atoms with Gasteiger partial charge in [-0.15, -0.1) is 0 Å². The van der Waals surface area contributed by atoms with E-state index in [0.717, 1.165) is 30.4 Å². The van der Waals surface area contributed by atoms with E-state index in [1.165, 1.54) is 6.08 Å². The first kappa shape index (κ1) is 21.3. The van der Waals surface area contributed by atoms with Crippen molar-refractivity contribution in [3.63, 3.8) is 0 Å². The van der Waals surface area contributed by atoms with Crippen molar-refractivity contribution >= 4 is 5.97 Å². The third-order valence-corrected chi connectivity index (χ3v) is 4.97. The van der Waals surface area contributed by atoms with E-state index in [-0.39, 0.29) is 17.3 Å². The van der Waals surface area contributed by atoms with Gasteiger partial charge in [0, 0.05) is 11.5 Å². The lowest BCUT2D eigenvalue weighted by atomic mass is 9.61. The van der Waals surface area contributed by atoms with Crippen molar-refractivity contribution in [1.29, 1.82) is 0 Å². The number of hydrogen-bond donors (Lipinski definition) is 1. The maximum Gasteiger partial charge on any atom is 0.330 e. The van der Waals surface area contributed by atoms with Gasteiger partial charge in [0.2, 0.25) is 0 Å². The molecule has 3 heteroatoms. The van der Waals surface area contributed by atoms with Gasteiger partial charge in [0.05, 0.1) is 6.61 Å². The fraction of sp³-hybridized carbons (Fsp3) is 0.591. The summed E-state index contributed by atoms with van der Waals surface area (Å²) in [7, 11) is 0. The summed E-state index contributed by atoms with van der Waals surface area (Å²) in [4.78, 5) is 11.4. The highest BCUT2D eigenvalue weighted by Gasteiger charge is 2.48. The van der Waals surface area contributed by atoms with Gasteiger partial charge in [-0.2, -0.15) is 0 Å². The highest BCUT2D eigenvalue weighted by molar-refractivity contribution is 5.83. The molecule has 0 aromatic carbocycles. The van der Waals surface area contributed by atoms with Crippen molar-refractivity contribution in [3.05, 3.63) is 35.5 Å². The molecule has 25 heavy (non-hydrogen) atoms. The molecule has 1 aliphatic rings. The number of carbonyl (C=O) groups is 1. The van der Waals surface area contributed by atoms with Gasteiger partial charge in [-0.3, -0.25) is 0 Å². The molecule has 3 nitrogen and oxygen atoms in total. The van der Waals surface area contributed by atoms with Gasteiger partial charge in [0.25, 0.3) is 0 Å². The average Bonchev–Trinajstić information content (AvgIpc) is 2.51. The number of hydrogen-bond acceptors (Lipinski definition) is 3. The fourth-order valence-electron chi connectivity index (χ4n) is 3.21. The molecule has 2 atom stereocenters. The number of esters is 1. The van der Waals surface area contributed by atoms with Crippen molar-refractivity contribution in [3.8, 4) is 11.8 Å². The molecule has 0 spiro atoms. The van der Waals surface area contributed by atoms with Gasteiger partial charge < -0.3 is 9.84 Å². The zero-order valence-electron chi connectivity index (χ0n) is 16.5. The fourth-order valence-corrected chi connectivity index (χ4v) is 3.21. The van der Waals surface area contributed by atoms with Crippen LogP contribution in [0, 0.1) is 23.2 Å². The summed E-state index contributed by atoms with van der Waals surface area (Å²) in [6.45, 7) is 12.2. The van der Waals surface area contributed by atoms with E-state index in [1.807, 2.05) is 32.1 Å². The predicted octanol–water partition coefficient (Wildman–Crippen LogP) is 4.58. The molecule has 138 valence electrons. The van der Waals surface area contributed by atoms with Crippen LogP contribution >= 0.6 is 0 Å². The van der Waals surface area contributed by atoms with Crippen LogP contribution in [0.5, 0.6) is 0 Å². The number of carbonyl (C=O) groups excluding carboxylic acids is 1. The summed E-state index contributed by atoms with van der Waals surface area (Å²) in [5.74, 6) is 6.09. The molecule has 1 N–H and O–H groups in total. The van der Waals surface area contributed by atoms with Gasteiger partial charge in [-0.25, -0.2) is 4.79 Å². The second-order valence-corrected chi connectivity index (χ2v) is 7.54. The predicted molar refractivity (Wildman–Crippen MR) is 103 cm³/mol. The number of rotatable bonds is 4. The maximum absolute atomic E-state index is 11.4. The lowest BCUT2D eigenvalue weighted by molar-refractivity contribution is -0.137. The van der Waals surface area contributed by atoms with Crippen molar-refractivity contribution < 1.29 is 14.6 Å². The molecule has 1 rings (SSSR count). The van der Waals surface area contributed by atoms with Crippen molar-refractivity contribution in [2.24, 2.45) is 11.3 Å². The molecular formula is C22H32O3. The van der Waals surface area contributed by atoms with Gasteiger partial charge in [-0.05, 0) is 50.7 Å². The quantitative estimate of drug-likeness (QED) is 0.351. The minimum absolute atomic E-state index is 0.168. The molecule has 0 aromatic heterocycles. The molecule has 1 aliphatic carbocycles. The molecule has 0 aliphatic heterocycles. The number of ether oxygens (including phenoxy) is 1. The third kappa shape index (κ3) is 5.90. The summed E-state index contributed by atoms with van der Waals surface area (Å²) in [5, 5.41) is 11.1. The lowest BCUT2D eigenvalue weighted by Gasteiger charge is -2.47. The van der Waals surface area contributed by atoms with E-state index in [4.69, 9.17) is 4.74 Å². The van der Waals surface area contributed by atoms with Gasteiger partial charge in [-0.1, -0.05) is 57.3 Å². The molecular weight excluding hydrogens is 312 g/mol. The SMILES string of the molecule is CCOC(=O)C=C(C)C=CC=C(C)C#C[C@]1(O)[C@@H](C)CCCC1(C)C. The molecule has 0 unspecified atom stereocenters. The Hall–Kier alpha value is -1.79. The monoisotopic (exact) mass is 344 g/mol. The Kier molecular flexibility index (Phi) is 7.70. The Morgan fingerprint density at radius 2 is 2.04 bits per heavy atom. The molecule has 1 fully saturated rings. The summed E-state index contributed by atoms with van der Waals surface area (Å²) in [5.41, 5.74) is 0.537. The third-order valence-electron chi connectivity index (χ3n) is 4.97. The smallest absolute Gasteiger partial charge is 0.330 e. The standard InChI is InChI=1S/C22H32O3/c1-7-25-20(23)16-18(3)11-8-10-17(2)13-15-22(24)19(4)12-9-14-21(22,5)6/h8,10-11,16,19,24H,7,9,12,14H2,1-6H3/t19-,22-/m0/s1. The van der Waals surface area contributed by atoms with Crippen LogP contribution in [0.25, 0.3) is 0 Å². The molecule has 0 heterocycles. The summed E-state index contributed by atoms with van der Waals surface area (Å²) < 4.78 is 4.87. The van der Waals surface area contributed by atoms with Crippen molar-refractivity contribution in [1.82, 2.24) is 0 Å². The van der Waals surface area contributed by atoms with E-state index >= 15 is 0 Å². The minimum atomic E-state index is -0.955. The normalized spacial score (nSPS) is 26.9. The van der Waals surface area contributed by atoms with E-state index in [1.54, 1.807) is 6.92 Å². The Labute approximate surface area is 152 Å². The zero-order valence-corrected chi connectivity index (χ0v) is 16.5. The average molecular weight is 344 g/mol. The lowest BCUT2D eigenvalue weighted by Crippen LogP contribution is -2.51. The Balaban J connectivity index is 2.83. The first-order valence-electron chi connectivity index (χ1n) is 9.08. The number of allylic oxidation sites excluding steroid dienone is 5. The Morgan fingerprint density at radius 1 is 1.36 bits per heavy atom. The topological polar surface area (TPSA) is 46.5 Å². The second kappa shape index (κ2) is 9.06. The van der Waals surface area contributed by atoms with E-state index in [9.17, 15) is 9.90 Å². The first-order valence-corrected chi connectivity index (χ1v) is 9.08. The van der Waals surface area contributed by atoms with Gasteiger partial charge in [0.15, 0.2) is 0 Å². The first-order chi connectivity index (χ1) is 11.6. The minimum Gasteiger partial charge on any atom is -0.463 e. The highest BCUT2D eigenvalue weighted by atomic mass is 16.5. The van der Waals surface area contributed by atoms with E-state index in [0.29, 0.717) is 6.61 Å². The van der Waals surface area contributed by atoms with E-state index in [2.05, 4.69) is 32.6 Å². The molecule has 0 saturated heterocycles. The Morgan fingerprint density at radius 3 is 2.64 bits per heavy atom. The summed E-state index contributed by atoms with van der Waals surface area (Å²) in [6.07, 6.45) is 10.2. The zero-order chi connectivity index (χ0) is 19.1. The second-order valence-electron chi connectivity index (χ2n) is 7.54. The molecule has 0 radical (unpaired) electrons. The van der Waals surface area contributed by atoms with Crippen LogP contribution in [0.2, 0.25) is 0 Å². The molecule has 1 saturated carbocycles. The summed E-state index contributed by atoms with van der Waals surface area (Å²) >= 11 is 0. The molecule has 0 bridgehead atoms. The van der Waals surface area contributed by atoms with Crippen LogP contribution in [-0.2, 0) is 9.53 Å². The van der Waals surface area contributed by atoms with Gasteiger partial charge >= 0.3 is 5.97 Å². The highest BCUT2D eigenvalue weighted by Crippen LogP contribution is 2.46. The van der Waals surface area contributed by atoms with Crippen LogP contribution in [0.4, 0.5) is 0 Å². The van der Waals surface area contributed by atoms with Crippen LogP contribution in [-0.4, -0.2) is 23.3 Å². The maximum atomic E-state index is 11.4. The Bertz CT molecular complexity index is 625. The van der Waals surface area contributed by atoms with E-state index < -0.39 is 5.60 Å². The van der Waals surface area contributed by atoms with Gasteiger partial charge in [0.1, 0.15) is 5.60 Å². The van der Waals surface area contributed by atoms with Crippen molar-refractivity contribution in [2.45, 2.75) is 66.4 Å². The van der Waals surface area contributed by atoms with Crippen LogP contribution in [0.1, 0.15) is 60.8 Å². The number of aliphatic hydroxyl groups is 1. The largest absolute Gasteiger partial charge is 0.463 e. The van der Waals surface area contributed by atoms with Crippen LogP contribution < -0.4 is 0 Å². The van der Waals surface area contributed by atoms with Crippen molar-refractivity contribution in [2.75, 3.05) is 6.61 Å².